The first-order valence-corrected chi connectivity index (χ1v) is 9.42. The molecule has 0 spiro atoms. The van der Waals surface area contributed by atoms with Gasteiger partial charge < -0.3 is 4.90 Å². The maximum Gasteiger partial charge on any atom is 0.273 e. The van der Waals surface area contributed by atoms with Crippen molar-refractivity contribution in [3.63, 3.8) is 0 Å². The molecule has 1 unspecified atom stereocenters. The van der Waals surface area contributed by atoms with E-state index in [1.165, 1.54) is 43.4 Å². The molecule has 3 rings (SSSR count). The van der Waals surface area contributed by atoms with Crippen LogP contribution < -0.4 is 0 Å². The van der Waals surface area contributed by atoms with Crippen LogP contribution in [0.15, 0.2) is 5.38 Å². The smallest absolute Gasteiger partial charge is 0.273 e. The summed E-state index contributed by atoms with van der Waals surface area (Å²) in [5, 5.41) is 12.4. The van der Waals surface area contributed by atoms with Gasteiger partial charge in [0.05, 0.1) is 11.1 Å². The average Bonchev–Trinajstić information content (AvgIpc) is 3.03. The molecule has 2 aliphatic rings. The van der Waals surface area contributed by atoms with Crippen molar-refractivity contribution in [1.29, 1.82) is 5.26 Å². The van der Waals surface area contributed by atoms with Crippen molar-refractivity contribution in [1.82, 2.24) is 14.8 Å². The number of carbonyl (C=O) groups excluding carboxylic acids is 1. The van der Waals surface area contributed by atoms with E-state index < -0.39 is 0 Å². The van der Waals surface area contributed by atoms with Crippen molar-refractivity contribution in [3.8, 4) is 6.07 Å². The molecule has 5 nitrogen and oxygen atoms in total. The number of thiazole rings is 1. The van der Waals surface area contributed by atoms with Gasteiger partial charge in [0, 0.05) is 31.6 Å². The molecule has 1 aromatic heterocycles. The van der Waals surface area contributed by atoms with Crippen LogP contribution in [-0.4, -0.2) is 52.9 Å². The van der Waals surface area contributed by atoms with Crippen molar-refractivity contribution >= 4 is 17.2 Å². The van der Waals surface area contributed by atoms with Crippen molar-refractivity contribution in [2.75, 3.05) is 26.2 Å². The monoisotopic (exact) mass is 332 g/mol. The highest BCUT2D eigenvalue weighted by Gasteiger charge is 2.32. The van der Waals surface area contributed by atoms with Crippen LogP contribution in [-0.2, 0) is 0 Å². The molecular formula is C17H24N4OS. The van der Waals surface area contributed by atoms with Gasteiger partial charge >= 0.3 is 0 Å². The number of hydrogen-bond acceptors (Lipinski definition) is 5. The van der Waals surface area contributed by atoms with Crippen LogP contribution in [0.4, 0.5) is 0 Å². The zero-order chi connectivity index (χ0) is 16.2. The zero-order valence-electron chi connectivity index (χ0n) is 13.7. The predicted octanol–water partition coefficient (Wildman–Crippen LogP) is 2.68. The van der Waals surface area contributed by atoms with Crippen LogP contribution >= 0.6 is 11.3 Å². The van der Waals surface area contributed by atoms with Crippen molar-refractivity contribution in [2.45, 2.75) is 45.1 Å². The van der Waals surface area contributed by atoms with Gasteiger partial charge in [0.1, 0.15) is 11.7 Å². The Balaban J connectivity index is 1.57. The summed E-state index contributed by atoms with van der Waals surface area (Å²) in [5.74, 6) is 0.539. The van der Waals surface area contributed by atoms with Gasteiger partial charge in [-0.15, -0.1) is 11.3 Å². The second-order valence-corrected chi connectivity index (χ2v) is 7.61. The normalized spacial score (nSPS) is 21.8. The second kappa shape index (κ2) is 7.41. The number of hydrogen-bond donors (Lipinski definition) is 0. The second-order valence-electron chi connectivity index (χ2n) is 6.55. The molecule has 1 saturated heterocycles. The number of carbonyl (C=O) groups is 1. The van der Waals surface area contributed by atoms with E-state index in [4.69, 9.17) is 0 Å². The standard InChI is InChI=1S/C17H24N4OS/c1-13-19-15(12-23-13)17(22)21-9-7-20(8-10-21)16(11-18)14-5-3-2-4-6-14/h12,14,16H,2-10H2,1H3. The molecule has 1 aliphatic heterocycles. The van der Waals surface area contributed by atoms with Crippen LogP contribution in [0.1, 0.15) is 47.6 Å². The Morgan fingerprint density at radius 3 is 2.57 bits per heavy atom. The van der Waals surface area contributed by atoms with Gasteiger partial charge in [0.2, 0.25) is 0 Å². The van der Waals surface area contributed by atoms with E-state index in [1.807, 2.05) is 17.2 Å². The third kappa shape index (κ3) is 3.73. The molecule has 1 amide bonds. The summed E-state index contributed by atoms with van der Waals surface area (Å²) < 4.78 is 0. The van der Waals surface area contributed by atoms with Gasteiger partial charge in [0.25, 0.3) is 5.91 Å². The molecule has 1 aliphatic carbocycles. The first kappa shape index (κ1) is 16.4. The molecule has 6 heteroatoms. The topological polar surface area (TPSA) is 60.2 Å². The number of nitriles is 1. The van der Waals surface area contributed by atoms with Crippen molar-refractivity contribution in [2.24, 2.45) is 5.92 Å². The molecule has 0 aromatic carbocycles. The highest BCUT2D eigenvalue weighted by atomic mass is 32.1. The summed E-state index contributed by atoms with van der Waals surface area (Å²) in [6.45, 7) is 4.90. The molecule has 1 atom stereocenters. The number of aromatic nitrogens is 1. The van der Waals surface area contributed by atoms with E-state index in [9.17, 15) is 10.1 Å². The van der Waals surface area contributed by atoms with Crippen LogP contribution in [0.3, 0.4) is 0 Å². The molecule has 2 fully saturated rings. The fourth-order valence-electron chi connectivity index (χ4n) is 3.76. The van der Waals surface area contributed by atoms with E-state index in [1.54, 1.807) is 0 Å². The molecule has 2 heterocycles. The summed E-state index contributed by atoms with van der Waals surface area (Å²) in [5.41, 5.74) is 0.560. The molecular weight excluding hydrogens is 308 g/mol. The Morgan fingerprint density at radius 2 is 2.00 bits per heavy atom. The van der Waals surface area contributed by atoms with E-state index in [2.05, 4.69) is 16.0 Å². The Kier molecular flexibility index (Phi) is 5.29. The fourth-order valence-corrected chi connectivity index (χ4v) is 4.35. The Morgan fingerprint density at radius 1 is 1.30 bits per heavy atom. The van der Waals surface area contributed by atoms with Gasteiger partial charge in [0.15, 0.2) is 0 Å². The molecule has 1 aromatic rings. The zero-order valence-corrected chi connectivity index (χ0v) is 14.5. The summed E-state index contributed by atoms with van der Waals surface area (Å²) in [4.78, 5) is 20.9. The maximum absolute atomic E-state index is 12.4. The number of piperazine rings is 1. The van der Waals surface area contributed by atoms with Gasteiger partial charge in [-0.3, -0.25) is 9.69 Å². The summed E-state index contributed by atoms with van der Waals surface area (Å²) in [7, 11) is 0. The van der Waals surface area contributed by atoms with Crippen molar-refractivity contribution in [3.05, 3.63) is 16.1 Å². The number of nitrogens with zero attached hydrogens (tertiary/aromatic N) is 4. The lowest BCUT2D eigenvalue weighted by Gasteiger charge is -2.40. The minimum Gasteiger partial charge on any atom is -0.335 e. The molecule has 0 bridgehead atoms. The largest absolute Gasteiger partial charge is 0.335 e. The Hall–Kier alpha value is -1.45. The van der Waals surface area contributed by atoms with E-state index >= 15 is 0 Å². The quantitative estimate of drug-likeness (QED) is 0.854. The van der Waals surface area contributed by atoms with Crippen LogP contribution in [0.5, 0.6) is 0 Å². The average molecular weight is 332 g/mol. The minimum atomic E-state index is 0.0223. The number of rotatable bonds is 3. The molecule has 1 saturated carbocycles. The Labute approximate surface area is 141 Å². The molecule has 0 N–H and O–H groups in total. The summed E-state index contributed by atoms with van der Waals surface area (Å²) >= 11 is 1.51. The SMILES string of the molecule is Cc1nc(C(=O)N2CCN(C(C#N)C3CCCCC3)CC2)cs1. The van der Waals surface area contributed by atoms with Gasteiger partial charge in [-0.05, 0) is 25.7 Å². The minimum absolute atomic E-state index is 0.0223. The number of aryl methyl sites for hydroxylation is 1. The lowest BCUT2D eigenvalue weighted by molar-refractivity contribution is 0.0534. The first-order chi connectivity index (χ1) is 11.2. The van der Waals surface area contributed by atoms with Crippen LogP contribution in [0.25, 0.3) is 0 Å². The third-order valence-corrected chi connectivity index (χ3v) is 5.84. The highest BCUT2D eigenvalue weighted by molar-refractivity contribution is 7.09. The number of amides is 1. The van der Waals surface area contributed by atoms with Gasteiger partial charge in [-0.1, -0.05) is 19.3 Å². The predicted molar refractivity (Wildman–Crippen MR) is 90.3 cm³/mol. The van der Waals surface area contributed by atoms with E-state index in [0.717, 1.165) is 18.1 Å². The maximum atomic E-state index is 12.4. The molecule has 23 heavy (non-hydrogen) atoms. The summed E-state index contributed by atoms with van der Waals surface area (Å²) in [6.07, 6.45) is 6.17. The highest BCUT2D eigenvalue weighted by Crippen LogP contribution is 2.29. The molecule has 0 radical (unpaired) electrons. The van der Waals surface area contributed by atoms with Gasteiger partial charge in [-0.25, -0.2) is 4.98 Å². The lowest BCUT2D eigenvalue weighted by Crippen LogP contribution is -2.53. The van der Waals surface area contributed by atoms with E-state index in [0.29, 0.717) is 24.7 Å². The fraction of sp³-hybridized carbons (Fsp3) is 0.706. The van der Waals surface area contributed by atoms with E-state index in [-0.39, 0.29) is 11.9 Å². The van der Waals surface area contributed by atoms with Crippen LogP contribution in [0, 0.1) is 24.2 Å². The van der Waals surface area contributed by atoms with Crippen molar-refractivity contribution < 1.29 is 4.79 Å². The third-order valence-electron chi connectivity index (χ3n) is 5.06. The Bertz CT molecular complexity index is 580. The lowest BCUT2D eigenvalue weighted by atomic mass is 9.83. The summed E-state index contributed by atoms with van der Waals surface area (Å²) in [6, 6.07) is 2.55. The van der Waals surface area contributed by atoms with Gasteiger partial charge in [-0.2, -0.15) is 5.26 Å². The van der Waals surface area contributed by atoms with Crippen LogP contribution in [0.2, 0.25) is 0 Å². The first-order valence-electron chi connectivity index (χ1n) is 8.54. The molecule has 124 valence electrons.